The molecule has 0 saturated heterocycles. The number of carbonyl (C=O) groups is 1. The van der Waals surface area contributed by atoms with Gasteiger partial charge in [0.05, 0.1) is 6.10 Å². The third kappa shape index (κ3) is 2.41. The van der Waals surface area contributed by atoms with Crippen LogP contribution in [0.5, 0.6) is 0 Å². The molecule has 0 bridgehead atoms. The van der Waals surface area contributed by atoms with Crippen LogP contribution in [0.2, 0.25) is 0 Å². The van der Waals surface area contributed by atoms with Crippen LogP contribution in [0, 0.1) is 11.3 Å². The van der Waals surface area contributed by atoms with Crippen LogP contribution in [0.3, 0.4) is 0 Å². The van der Waals surface area contributed by atoms with E-state index in [9.17, 15) is 9.90 Å². The average Bonchev–Trinajstić information content (AvgIpc) is 2.71. The Morgan fingerprint density at radius 2 is 1.80 bits per heavy atom. The van der Waals surface area contributed by atoms with Crippen molar-refractivity contribution < 1.29 is 9.90 Å². The van der Waals surface area contributed by atoms with Crippen molar-refractivity contribution in [1.29, 1.82) is 0 Å². The van der Waals surface area contributed by atoms with Gasteiger partial charge in [0.25, 0.3) is 0 Å². The molecule has 2 rings (SSSR count). The zero-order valence-electron chi connectivity index (χ0n) is 9.45. The summed E-state index contributed by atoms with van der Waals surface area (Å²) in [5.74, 6) is 0.391. The van der Waals surface area contributed by atoms with Gasteiger partial charge < -0.3 is 9.90 Å². The van der Waals surface area contributed by atoms with E-state index in [4.69, 9.17) is 0 Å². The van der Waals surface area contributed by atoms with Crippen molar-refractivity contribution in [3.63, 3.8) is 0 Å². The standard InChI is InChI=1S/C13H22O2/c14-10-13(7-3-4-8-13)9-11-5-1-2-6-12(11)15/h10-12,15H,1-9H2. The Hall–Kier alpha value is -0.370. The maximum absolute atomic E-state index is 11.2. The smallest absolute Gasteiger partial charge is 0.126 e. The van der Waals surface area contributed by atoms with Crippen molar-refractivity contribution in [3.05, 3.63) is 0 Å². The maximum Gasteiger partial charge on any atom is 0.126 e. The Kier molecular flexibility index (Phi) is 3.45. The first-order chi connectivity index (χ1) is 7.26. The van der Waals surface area contributed by atoms with Gasteiger partial charge in [-0.1, -0.05) is 25.7 Å². The largest absolute Gasteiger partial charge is 0.393 e. The first-order valence-electron chi connectivity index (χ1n) is 6.40. The predicted molar refractivity (Wildman–Crippen MR) is 59.5 cm³/mol. The molecule has 0 aromatic rings. The SMILES string of the molecule is O=CC1(CC2CCCCC2O)CCCC1. The van der Waals surface area contributed by atoms with Gasteiger partial charge in [-0.05, 0) is 38.0 Å². The first-order valence-corrected chi connectivity index (χ1v) is 6.40. The Morgan fingerprint density at radius 1 is 1.13 bits per heavy atom. The number of rotatable bonds is 3. The molecular weight excluding hydrogens is 188 g/mol. The van der Waals surface area contributed by atoms with E-state index < -0.39 is 0 Å². The fraction of sp³-hybridized carbons (Fsp3) is 0.923. The molecule has 0 amide bonds. The van der Waals surface area contributed by atoms with E-state index >= 15 is 0 Å². The van der Waals surface area contributed by atoms with Crippen molar-refractivity contribution in [2.45, 2.75) is 63.9 Å². The van der Waals surface area contributed by atoms with Gasteiger partial charge in [-0.3, -0.25) is 0 Å². The molecule has 1 N–H and O–H groups in total. The molecular formula is C13H22O2. The van der Waals surface area contributed by atoms with Gasteiger partial charge >= 0.3 is 0 Å². The summed E-state index contributed by atoms with van der Waals surface area (Å²) in [6.07, 6.45) is 10.9. The average molecular weight is 210 g/mol. The summed E-state index contributed by atoms with van der Waals surface area (Å²) >= 11 is 0. The zero-order chi connectivity index (χ0) is 10.7. The lowest BCUT2D eigenvalue weighted by Gasteiger charge is -2.33. The lowest BCUT2D eigenvalue weighted by atomic mass is 9.73. The van der Waals surface area contributed by atoms with Crippen molar-refractivity contribution >= 4 is 6.29 Å². The van der Waals surface area contributed by atoms with Gasteiger partial charge in [-0.15, -0.1) is 0 Å². The summed E-state index contributed by atoms with van der Waals surface area (Å²) in [4.78, 5) is 11.2. The number of aldehydes is 1. The molecule has 2 aliphatic carbocycles. The molecule has 2 unspecified atom stereocenters. The van der Waals surface area contributed by atoms with E-state index in [0.717, 1.165) is 38.5 Å². The molecule has 0 radical (unpaired) electrons. The highest BCUT2D eigenvalue weighted by atomic mass is 16.3. The van der Waals surface area contributed by atoms with Crippen LogP contribution in [0.1, 0.15) is 57.8 Å². The second kappa shape index (κ2) is 4.65. The minimum absolute atomic E-state index is 0.0665. The summed E-state index contributed by atoms with van der Waals surface area (Å²) in [7, 11) is 0. The minimum atomic E-state index is -0.142. The van der Waals surface area contributed by atoms with Crippen molar-refractivity contribution in [1.82, 2.24) is 0 Å². The van der Waals surface area contributed by atoms with Gasteiger partial charge in [-0.25, -0.2) is 0 Å². The predicted octanol–water partition coefficient (Wildman–Crippen LogP) is 2.69. The van der Waals surface area contributed by atoms with Crippen LogP contribution in [-0.2, 0) is 4.79 Å². The third-order valence-corrected chi connectivity index (χ3v) is 4.39. The molecule has 0 aliphatic heterocycles. The van der Waals surface area contributed by atoms with E-state index in [0.29, 0.717) is 5.92 Å². The molecule has 2 atom stereocenters. The van der Waals surface area contributed by atoms with Crippen LogP contribution in [-0.4, -0.2) is 17.5 Å². The lowest BCUT2D eigenvalue weighted by Crippen LogP contribution is -2.31. The van der Waals surface area contributed by atoms with E-state index in [1.807, 2.05) is 0 Å². The van der Waals surface area contributed by atoms with E-state index in [1.54, 1.807) is 0 Å². The highest BCUT2D eigenvalue weighted by molar-refractivity contribution is 5.59. The second-order valence-corrected chi connectivity index (χ2v) is 5.50. The van der Waals surface area contributed by atoms with Crippen LogP contribution in [0.4, 0.5) is 0 Å². The zero-order valence-corrected chi connectivity index (χ0v) is 9.45. The van der Waals surface area contributed by atoms with Crippen molar-refractivity contribution in [2.24, 2.45) is 11.3 Å². The van der Waals surface area contributed by atoms with Gasteiger partial charge in [0.2, 0.25) is 0 Å². The highest BCUT2D eigenvalue weighted by Gasteiger charge is 2.38. The molecule has 2 nitrogen and oxygen atoms in total. The summed E-state index contributed by atoms with van der Waals surface area (Å²) in [5, 5.41) is 9.92. The monoisotopic (exact) mass is 210 g/mol. The number of hydrogen-bond donors (Lipinski definition) is 1. The molecule has 2 saturated carbocycles. The van der Waals surface area contributed by atoms with E-state index in [2.05, 4.69) is 0 Å². The van der Waals surface area contributed by atoms with Gasteiger partial charge in [-0.2, -0.15) is 0 Å². The number of aliphatic hydroxyl groups excluding tert-OH is 1. The van der Waals surface area contributed by atoms with Gasteiger partial charge in [0.1, 0.15) is 6.29 Å². The Bertz CT molecular complexity index is 219. The molecule has 0 aromatic carbocycles. The third-order valence-electron chi connectivity index (χ3n) is 4.39. The normalized spacial score (nSPS) is 35.3. The first kappa shape index (κ1) is 11.1. The molecule has 15 heavy (non-hydrogen) atoms. The molecule has 86 valence electrons. The Balaban J connectivity index is 1.96. The molecule has 2 aliphatic rings. The molecule has 2 heteroatoms. The summed E-state index contributed by atoms with van der Waals surface area (Å²) in [6.45, 7) is 0. The number of hydrogen-bond acceptors (Lipinski definition) is 2. The topological polar surface area (TPSA) is 37.3 Å². The molecule has 2 fully saturated rings. The lowest BCUT2D eigenvalue weighted by molar-refractivity contribution is -0.117. The number of carbonyl (C=O) groups excluding carboxylic acids is 1. The van der Waals surface area contributed by atoms with Crippen molar-refractivity contribution in [3.8, 4) is 0 Å². The van der Waals surface area contributed by atoms with Crippen LogP contribution in [0.25, 0.3) is 0 Å². The fourth-order valence-corrected chi connectivity index (χ4v) is 3.40. The minimum Gasteiger partial charge on any atom is -0.393 e. The molecule has 0 heterocycles. The van der Waals surface area contributed by atoms with Gasteiger partial charge in [0, 0.05) is 5.41 Å². The Labute approximate surface area is 92.1 Å². The van der Waals surface area contributed by atoms with Crippen LogP contribution >= 0.6 is 0 Å². The second-order valence-electron chi connectivity index (χ2n) is 5.50. The van der Waals surface area contributed by atoms with Gasteiger partial charge in [0.15, 0.2) is 0 Å². The quantitative estimate of drug-likeness (QED) is 0.727. The molecule has 0 aromatic heterocycles. The van der Waals surface area contributed by atoms with E-state index in [-0.39, 0.29) is 11.5 Å². The summed E-state index contributed by atoms with van der Waals surface area (Å²) in [5.41, 5.74) is -0.0665. The van der Waals surface area contributed by atoms with Crippen LogP contribution in [0.15, 0.2) is 0 Å². The van der Waals surface area contributed by atoms with E-state index in [1.165, 1.54) is 25.5 Å². The summed E-state index contributed by atoms with van der Waals surface area (Å²) < 4.78 is 0. The van der Waals surface area contributed by atoms with Crippen molar-refractivity contribution in [2.75, 3.05) is 0 Å². The maximum atomic E-state index is 11.2. The molecule has 0 spiro atoms. The fourth-order valence-electron chi connectivity index (χ4n) is 3.40. The number of aliphatic hydroxyl groups is 1. The Morgan fingerprint density at radius 3 is 2.40 bits per heavy atom. The van der Waals surface area contributed by atoms with Crippen LogP contribution < -0.4 is 0 Å². The summed E-state index contributed by atoms with van der Waals surface area (Å²) in [6, 6.07) is 0. The highest BCUT2D eigenvalue weighted by Crippen LogP contribution is 2.44.